The van der Waals surface area contributed by atoms with E-state index in [2.05, 4.69) is 6.92 Å². The summed E-state index contributed by atoms with van der Waals surface area (Å²) in [5.41, 5.74) is 1.04. The van der Waals surface area contributed by atoms with E-state index in [0.717, 1.165) is 17.2 Å². The largest absolute Gasteiger partial charge is 0.488 e. The second kappa shape index (κ2) is 5.35. The predicted octanol–water partition coefficient (Wildman–Crippen LogP) is 4.96. The number of hydrogen-bond acceptors (Lipinski definition) is 2. The van der Waals surface area contributed by atoms with Gasteiger partial charge >= 0.3 is 0 Å². The van der Waals surface area contributed by atoms with Crippen molar-refractivity contribution < 1.29 is 9.47 Å². The first kappa shape index (κ1) is 13.5. The maximum atomic E-state index is 5.77. The topological polar surface area (TPSA) is 18.5 Å². The summed E-state index contributed by atoms with van der Waals surface area (Å²) in [4.78, 5) is 0. The minimum Gasteiger partial charge on any atom is -0.488 e. The lowest BCUT2D eigenvalue weighted by Gasteiger charge is -2.21. The summed E-state index contributed by atoms with van der Waals surface area (Å²) in [6.07, 6.45) is 0. The van der Waals surface area contributed by atoms with Crippen LogP contribution in [0.25, 0.3) is 0 Å². The van der Waals surface area contributed by atoms with Gasteiger partial charge in [-0.25, -0.2) is 0 Å². The van der Waals surface area contributed by atoms with Crippen LogP contribution in [-0.4, -0.2) is 5.60 Å². The number of hydrogen-bond donors (Lipinski definition) is 0. The molecule has 0 amide bonds. The highest BCUT2D eigenvalue weighted by molar-refractivity contribution is 5.36. The van der Waals surface area contributed by atoms with Crippen molar-refractivity contribution in [3.8, 4) is 17.2 Å². The zero-order valence-electron chi connectivity index (χ0n) is 11.9. The van der Waals surface area contributed by atoms with Crippen LogP contribution in [0, 0.1) is 6.92 Å². The first-order valence-corrected chi connectivity index (χ1v) is 6.46. The Kier molecular flexibility index (Phi) is 3.79. The highest BCUT2D eigenvalue weighted by Crippen LogP contribution is 2.25. The summed E-state index contributed by atoms with van der Waals surface area (Å²) in [5, 5.41) is 0. The van der Waals surface area contributed by atoms with E-state index in [-0.39, 0.29) is 5.60 Å². The molecule has 100 valence electrons. The van der Waals surface area contributed by atoms with Crippen molar-refractivity contribution in [3.05, 3.63) is 54.1 Å². The zero-order chi connectivity index (χ0) is 13.9. The van der Waals surface area contributed by atoms with E-state index in [9.17, 15) is 0 Å². The highest BCUT2D eigenvalue weighted by Gasteiger charge is 2.11. The van der Waals surface area contributed by atoms with E-state index >= 15 is 0 Å². The fraction of sp³-hybridized carbons (Fsp3) is 0.294. The van der Waals surface area contributed by atoms with Gasteiger partial charge in [-0.15, -0.1) is 0 Å². The van der Waals surface area contributed by atoms with Gasteiger partial charge in [-0.05, 0) is 64.1 Å². The van der Waals surface area contributed by atoms with Crippen molar-refractivity contribution in [3.63, 3.8) is 0 Å². The van der Waals surface area contributed by atoms with Gasteiger partial charge in [0.25, 0.3) is 0 Å². The number of benzene rings is 2. The molecular formula is C17H20O2. The molecule has 0 heterocycles. The summed E-state index contributed by atoms with van der Waals surface area (Å²) in [6.45, 7) is 8.15. The van der Waals surface area contributed by atoms with E-state index < -0.39 is 0 Å². The van der Waals surface area contributed by atoms with Gasteiger partial charge in [-0.2, -0.15) is 0 Å². The van der Waals surface area contributed by atoms with E-state index in [0.29, 0.717) is 0 Å². The minimum atomic E-state index is -0.181. The average Bonchev–Trinajstić information content (AvgIpc) is 2.33. The van der Waals surface area contributed by atoms with Crippen LogP contribution >= 0.6 is 0 Å². The molecule has 2 aromatic carbocycles. The maximum absolute atomic E-state index is 5.77. The average molecular weight is 256 g/mol. The molecule has 0 fully saturated rings. The summed E-state index contributed by atoms with van der Waals surface area (Å²) in [6, 6.07) is 15.7. The van der Waals surface area contributed by atoms with Crippen LogP contribution in [0.5, 0.6) is 17.2 Å². The summed E-state index contributed by atoms with van der Waals surface area (Å²) >= 11 is 0. The standard InChI is InChI=1S/C17H20O2/c1-13-5-7-14(8-6-13)18-15-9-11-16(12-10-15)19-17(2,3)4/h5-12H,1-4H3. The predicted molar refractivity (Wildman–Crippen MR) is 78.1 cm³/mol. The van der Waals surface area contributed by atoms with Gasteiger partial charge in [0.2, 0.25) is 0 Å². The van der Waals surface area contributed by atoms with E-state index in [1.54, 1.807) is 0 Å². The molecule has 0 radical (unpaired) electrons. The fourth-order valence-corrected chi connectivity index (χ4v) is 1.67. The Hall–Kier alpha value is -1.96. The van der Waals surface area contributed by atoms with Crippen molar-refractivity contribution in [2.24, 2.45) is 0 Å². The molecule has 0 N–H and O–H groups in total. The number of ether oxygens (including phenoxy) is 2. The first-order chi connectivity index (χ1) is 8.92. The molecular weight excluding hydrogens is 236 g/mol. The molecule has 2 heteroatoms. The third-order valence-electron chi connectivity index (χ3n) is 2.50. The van der Waals surface area contributed by atoms with E-state index in [1.807, 2.05) is 69.3 Å². The molecule has 0 aliphatic carbocycles. The molecule has 0 unspecified atom stereocenters. The van der Waals surface area contributed by atoms with Crippen molar-refractivity contribution in [2.45, 2.75) is 33.3 Å². The molecule has 0 spiro atoms. The second-order valence-electron chi connectivity index (χ2n) is 5.60. The normalized spacial score (nSPS) is 11.2. The third kappa shape index (κ3) is 4.32. The Morgan fingerprint density at radius 1 is 0.684 bits per heavy atom. The lowest BCUT2D eigenvalue weighted by atomic mass is 10.2. The van der Waals surface area contributed by atoms with Crippen LogP contribution in [0.15, 0.2) is 48.5 Å². The van der Waals surface area contributed by atoms with Gasteiger partial charge in [0.1, 0.15) is 22.8 Å². The van der Waals surface area contributed by atoms with Crippen molar-refractivity contribution in [2.75, 3.05) is 0 Å². The summed E-state index contributed by atoms with van der Waals surface area (Å²) in [5.74, 6) is 2.50. The number of rotatable bonds is 3. The molecule has 2 rings (SSSR count). The van der Waals surface area contributed by atoms with E-state index in [4.69, 9.17) is 9.47 Å². The number of aryl methyl sites for hydroxylation is 1. The first-order valence-electron chi connectivity index (χ1n) is 6.46. The molecule has 0 saturated carbocycles. The van der Waals surface area contributed by atoms with Crippen LogP contribution in [0.4, 0.5) is 0 Å². The summed E-state index contributed by atoms with van der Waals surface area (Å²) in [7, 11) is 0. The second-order valence-corrected chi connectivity index (χ2v) is 5.60. The Bertz CT molecular complexity index is 519. The van der Waals surface area contributed by atoms with E-state index in [1.165, 1.54) is 5.56 Å². The van der Waals surface area contributed by atoms with Crippen LogP contribution in [0.3, 0.4) is 0 Å². The van der Waals surface area contributed by atoms with Crippen molar-refractivity contribution in [1.82, 2.24) is 0 Å². The Morgan fingerprint density at radius 3 is 1.58 bits per heavy atom. The molecule has 0 atom stereocenters. The lowest BCUT2D eigenvalue weighted by molar-refractivity contribution is 0.131. The van der Waals surface area contributed by atoms with Gasteiger partial charge in [-0.3, -0.25) is 0 Å². The smallest absolute Gasteiger partial charge is 0.127 e. The molecule has 19 heavy (non-hydrogen) atoms. The fourth-order valence-electron chi connectivity index (χ4n) is 1.67. The maximum Gasteiger partial charge on any atom is 0.127 e. The molecule has 0 bridgehead atoms. The Morgan fingerprint density at radius 2 is 1.11 bits per heavy atom. The van der Waals surface area contributed by atoms with Crippen LogP contribution in [-0.2, 0) is 0 Å². The third-order valence-corrected chi connectivity index (χ3v) is 2.50. The molecule has 0 saturated heterocycles. The van der Waals surface area contributed by atoms with Gasteiger partial charge in [0.05, 0.1) is 0 Å². The minimum absolute atomic E-state index is 0.181. The highest BCUT2D eigenvalue weighted by atomic mass is 16.5. The quantitative estimate of drug-likeness (QED) is 0.772. The molecule has 0 aliphatic heterocycles. The lowest BCUT2D eigenvalue weighted by Crippen LogP contribution is -2.22. The molecule has 0 aliphatic rings. The van der Waals surface area contributed by atoms with Crippen LogP contribution in [0.1, 0.15) is 26.3 Å². The van der Waals surface area contributed by atoms with Crippen LogP contribution < -0.4 is 9.47 Å². The molecule has 2 aromatic rings. The van der Waals surface area contributed by atoms with Gasteiger partial charge in [0, 0.05) is 0 Å². The van der Waals surface area contributed by atoms with Gasteiger partial charge < -0.3 is 9.47 Å². The molecule has 2 nitrogen and oxygen atoms in total. The van der Waals surface area contributed by atoms with Crippen molar-refractivity contribution in [1.29, 1.82) is 0 Å². The summed E-state index contributed by atoms with van der Waals surface area (Å²) < 4.78 is 11.5. The Balaban J connectivity index is 2.04. The monoisotopic (exact) mass is 256 g/mol. The van der Waals surface area contributed by atoms with Crippen LogP contribution in [0.2, 0.25) is 0 Å². The zero-order valence-corrected chi connectivity index (χ0v) is 11.9. The SMILES string of the molecule is Cc1ccc(Oc2ccc(OC(C)(C)C)cc2)cc1. The Labute approximate surface area is 115 Å². The van der Waals surface area contributed by atoms with Gasteiger partial charge in [-0.1, -0.05) is 17.7 Å². The molecule has 0 aromatic heterocycles. The van der Waals surface area contributed by atoms with Crippen molar-refractivity contribution >= 4 is 0 Å². The van der Waals surface area contributed by atoms with Gasteiger partial charge in [0.15, 0.2) is 0 Å².